The highest BCUT2D eigenvalue weighted by Crippen LogP contribution is 2.24. The molecule has 0 aliphatic rings. The van der Waals surface area contributed by atoms with Gasteiger partial charge < -0.3 is 5.32 Å². The number of tetrazole rings is 1. The van der Waals surface area contributed by atoms with Crippen LogP contribution in [-0.4, -0.2) is 25.7 Å². The number of rotatable bonds is 3. The van der Waals surface area contributed by atoms with Gasteiger partial charge in [-0.25, -0.2) is 0 Å². The van der Waals surface area contributed by atoms with Gasteiger partial charge >= 0.3 is 0 Å². The van der Waals surface area contributed by atoms with Crippen molar-refractivity contribution >= 4 is 27.5 Å². The van der Waals surface area contributed by atoms with Gasteiger partial charge in [0.1, 0.15) is 0 Å². The molecule has 1 N–H and O–H groups in total. The zero-order valence-electron chi connectivity index (χ0n) is 11.0. The van der Waals surface area contributed by atoms with Crippen LogP contribution in [0.3, 0.4) is 0 Å². The molecule has 5 nitrogen and oxygen atoms in total. The second-order valence-electron chi connectivity index (χ2n) is 5.21. The monoisotopic (exact) mass is 343 g/mol. The van der Waals surface area contributed by atoms with E-state index in [1.807, 2.05) is 18.2 Å². The maximum Gasteiger partial charge on any atom is 0.170 e. The molecule has 0 unspecified atom stereocenters. The third-order valence-electron chi connectivity index (χ3n) is 2.46. The molecule has 0 saturated heterocycles. The number of nitrogens with one attached hydrogen (secondary N) is 1. The highest BCUT2D eigenvalue weighted by atomic mass is 79.9. The molecule has 1 aromatic carbocycles. The van der Waals surface area contributed by atoms with Gasteiger partial charge in [0.25, 0.3) is 0 Å². The standard InChI is InChI=1S/C12H15BrClN5/c1-12(2,3)15-7-11-16-17-18-19(11)8-4-5-9(13)10(14)6-8/h4-6,15H,7H2,1-3H3. The molecular formula is C12H15BrClN5. The molecular weight excluding hydrogens is 330 g/mol. The van der Waals surface area contributed by atoms with Crippen molar-refractivity contribution in [3.8, 4) is 5.69 Å². The van der Waals surface area contributed by atoms with E-state index in [0.29, 0.717) is 11.6 Å². The quantitative estimate of drug-likeness (QED) is 0.930. The van der Waals surface area contributed by atoms with Gasteiger partial charge in [0.2, 0.25) is 0 Å². The summed E-state index contributed by atoms with van der Waals surface area (Å²) in [7, 11) is 0. The summed E-state index contributed by atoms with van der Waals surface area (Å²) in [5, 5.41) is 15.7. The number of hydrogen-bond acceptors (Lipinski definition) is 4. The molecule has 0 spiro atoms. The van der Waals surface area contributed by atoms with E-state index >= 15 is 0 Å². The fraction of sp³-hybridized carbons (Fsp3) is 0.417. The lowest BCUT2D eigenvalue weighted by molar-refractivity contribution is 0.415. The Labute approximate surface area is 125 Å². The molecule has 102 valence electrons. The maximum absolute atomic E-state index is 6.09. The van der Waals surface area contributed by atoms with Crippen molar-refractivity contribution < 1.29 is 0 Å². The minimum Gasteiger partial charge on any atom is -0.305 e. The summed E-state index contributed by atoms with van der Waals surface area (Å²) in [6, 6.07) is 5.61. The first-order valence-corrected chi connectivity index (χ1v) is 7.01. The zero-order valence-corrected chi connectivity index (χ0v) is 13.3. The minimum atomic E-state index is 0.00808. The summed E-state index contributed by atoms with van der Waals surface area (Å²) < 4.78 is 2.53. The van der Waals surface area contributed by atoms with Gasteiger partial charge in [-0.3, -0.25) is 0 Å². The lowest BCUT2D eigenvalue weighted by Gasteiger charge is -2.19. The number of hydrogen-bond donors (Lipinski definition) is 1. The molecule has 0 aliphatic carbocycles. The highest BCUT2D eigenvalue weighted by Gasteiger charge is 2.14. The van der Waals surface area contributed by atoms with E-state index < -0.39 is 0 Å². The van der Waals surface area contributed by atoms with E-state index in [9.17, 15) is 0 Å². The summed E-state index contributed by atoms with van der Waals surface area (Å²) in [5.41, 5.74) is 0.845. The van der Waals surface area contributed by atoms with Gasteiger partial charge in [-0.05, 0) is 65.3 Å². The van der Waals surface area contributed by atoms with Crippen LogP contribution in [-0.2, 0) is 6.54 Å². The third-order valence-corrected chi connectivity index (χ3v) is 3.69. The lowest BCUT2D eigenvalue weighted by Crippen LogP contribution is -2.35. The zero-order chi connectivity index (χ0) is 14.0. The maximum atomic E-state index is 6.09. The fourth-order valence-corrected chi connectivity index (χ4v) is 1.90. The SMILES string of the molecule is CC(C)(C)NCc1nnnn1-c1ccc(Br)c(Cl)c1. The van der Waals surface area contributed by atoms with Crippen LogP contribution in [0.4, 0.5) is 0 Å². The Balaban J connectivity index is 2.26. The van der Waals surface area contributed by atoms with Gasteiger partial charge in [-0.1, -0.05) is 11.6 Å². The molecule has 0 atom stereocenters. The van der Waals surface area contributed by atoms with E-state index in [1.54, 1.807) is 4.68 Å². The van der Waals surface area contributed by atoms with E-state index in [4.69, 9.17) is 11.6 Å². The number of halogens is 2. The summed E-state index contributed by atoms with van der Waals surface area (Å²) >= 11 is 9.45. The molecule has 19 heavy (non-hydrogen) atoms. The average molecular weight is 345 g/mol. The van der Waals surface area contributed by atoms with Crippen molar-refractivity contribution in [1.29, 1.82) is 0 Å². The third kappa shape index (κ3) is 3.75. The second-order valence-corrected chi connectivity index (χ2v) is 6.47. The first-order valence-electron chi connectivity index (χ1n) is 5.84. The molecule has 2 rings (SSSR count). The largest absolute Gasteiger partial charge is 0.305 e. The van der Waals surface area contributed by atoms with E-state index in [2.05, 4.69) is 57.5 Å². The molecule has 0 bridgehead atoms. The molecule has 1 aromatic heterocycles. The average Bonchev–Trinajstić information content (AvgIpc) is 2.77. The number of benzene rings is 1. The minimum absolute atomic E-state index is 0.00808. The van der Waals surface area contributed by atoms with Gasteiger partial charge in [-0.2, -0.15) is 4.68 Å². The molecule has 7 heteroatoms. The van der Waals surface area contributed by atoms with Crippen molar-refractivity contribution in [2.75, 3.05) is 0 Å². The Bertz CT molecular complexity index is 576. The van der Waals surface area contributed by atoms with Gasteiger partial charge in [0.15, 0.2) is 5.82 Å². The summed E-state index contributed by atoms with van der Waals surface area (Å²) in [4.78, 5) is 0. The van der Waals surface area contributed by atoms with E-state index in [0.717, 1.165) is 16.0 Å². The molecule has 0 saturated carbocycles. The molecule has 2 aromatic rings. The van der Waals surface area contributed by atoms with Gasteiger partial charge in [0, 0.05) is 10.0 Å². The summed E-state index contributed by atoms with van der Waals surface area (Å²) in [6.45, 7) is 6.87. The van der Waals surface area contributed by atoms with Crippen LogP contribution >= 0.6 is 27.5 Å². The topological polar surface area (TPSA) is 55.6 Å². The molecule has 0 amide bonds. The smallest absolute Gasteiger partial charge is 0.170 e. The first-order chi connectivity index (χ1) is 8.87. The molecule has 0 radical (unpaired) electrons. The Kier molecular flexibility index (Phi) is 4.23. The van der Waals surface area contributed by atoms with Gasteiger partial charge in [-0.15, -0.1) is 5.10 Å². The normalized spacial score (nSPS) is 11.8. The Hall–Kier alpha value is -0.980. The predicted octanol–water partition coefficient (Wildman–Crippen LogP) is 2.97. The number of nitrogens with zero attached hydrogens (tertiary/aromatic N) is 4. The molecule has 1 heterocycles. The molecule has 0 aliphatic heterocycles. The van der Waals surface area contributed by atoms with Crippen LogP contribution in [0, 0.1) is 0 Å². The first kappa shape index (κ1) is 14.4. The Morgan fingerprint density at radius 1 is 1.37 bits per heavy atom. The van der Waals surface area contributed by atoms with Crippen LogP contribution in [0.2, 0.25) is 5.02 Å². The Morgan fingerprint density at radius 3 is 2.74 bits per heavy atom. The van der Waals surface area contributed by atoms with Crippen LogP contribution < -0.4 is 5.32 Å². The van der Waals surface area contributed by atoms with Crippen LogP contribution in [0.5, 0.6) is 0 Å². The fourth-order valence-electron chi connectivity index (χ4n) is 1.48. The van der Waals surface area contributed by atoms with Crippen LogP contribution in [0.1, 0.15) is 26.6 Å². The highest BCUT2D eigenvalue weighted by molar-refractivity contribution is 9.10. The van der Waals surface area contributed by atoms with Crippen LogP contribution in [0.15, 0.2) is 22.7 Å². The number of aromatic nitrogens is 4. The lowest BCUT2D eigenvalue weighted by atomic mass is 10.1. The van der Waals surface area contributed by atoms with Crippen molar-refractivity contribution in [2.24, 2.45) is 0 Å². The van der Waals surface area contributed by atoms with Crippen LogP contribution in [0.25, 0.3) is 5.69 Å². The Morgan fingerprint density at radius 2 is 2.11 bits per heavy atom. The molecule has 0 fully saturated rings. The van der Waals surface area contributed by atoms with Crippen molar-refractivity contribution in [1.82, 2.24) is 25.5 Å². The van der Waals surface area contributed by atoms with Crippen molar-refractivity contribution in [3.63, 3.8) is 0 Å². The van der Waals surface area contributed by atoms with Crippen molar-refractivity contribution in [2.45, 2.75) is 32.9 Å². The van der Waals surface area contributed by atoms with Crippen molar-refractivity contribution in [3.05, 3.63) is 33.5 Å². The van der Waals surface area contributed by atoms with E-state index in [1.165, 1.54) is 0 Å². The summed E-state index contributed by atoms with van der Waals surface area (Å²) in [6.07, 6.45) is 0. The van der Waals surface area contributed by atoms with Gasteiger partial charge in [0.05, 0.1) is 17.3 Å². The summed E-state index contributed by atoms with van der Waals surface area (Å²) in [5.74, 6) is 0.744. The predicted molar refractivity (Wildman–Crippen MR) is 78.5 cm³/mol. The second kappa shape index (κ2) is 5.56. The van der Waals surface area contributed by atoms with E-state index in [-0.39, 0.29) is 5.54 Å².